The van der Waals surface area contributed by atoms with Gasteiger partial charge in [0.05, 0.1) is 19.3 Å². The number of nitrogens with one attached hydrogen (secondary N) is 1. The average Bonchev–Trinajstić information content (AvgIpc) is 2.61. The minimum absolute atomic E-state index is 0.0376. The van der Waals surface area contributed by atoms with Gasteiger partial charge in [0.1, 0.15) is 0 Å². The summed E-state index contributed by atoms with van der Waals surface area (Å²) in [5, 5.41) is 3.01. The van der Waals surface area contributed by atoms with Gasteiger partial charge < -0.3 is 15.0 Å². The number of fused-ring (bicyclic) bond motifs is 1. The molecule has 23 heavy (non-hydrogen) atoms. The van der Waals surface area contributed by atoms with Crippen molar-refractivity contribution in [1.82, 2.24) is 10.2 Å². The van der Waals surface area contributed by atoms with Crippen LogP contribution in [0.5, 0.6) is 0 Å². The lowest BCUT2D eigenvalue weighted by atomic mass is 9.88. The lowest BCUT2D eigenvalue weighted by Crippen LogP contribution is -2.40. The van der Waals surface area contributed by atoms with Gasteiger partial charge in [-0.1, -0.05) is 24.3 Å². The monoisotopic (exact) mass is 314 g/mol. The highest BCUT2D eigenvalue weighted by Crippen LogP contribution is 2.29. The maximum atomic E-state index is 12.1. The lowest BCUT2D eigenvalue weighted by molar-refractivity contribution is -0.130. The van der Waals surface area contributed by atoms with Crippen LogP contribution in [0.2, 0.25) is 0 Å². The zero-order chi connectivity index (χ0) is 16.1. The molecule has 1 saturated heterocycles. The van der Waals surface area contributed by atoms with E-state index in [1.807, 2.05) is 12.1 Å². The van der Waals surface area contributed by atoms with E-state index in [0.29, 0.717) is 26.3 Å². The Morgan fingerprint density at radius 1 is 1.17 bits per heavy atom. The zero-order valence-electron chi connectivity index (χ0n) is 13.2. The first-order chi connectivity index (χ1) is 11.2. The molecule has 2 aliphatic rings. The maximum Gasteiger partial charge on any atom is 0.246 e. The highest BCUT2D eigenvalue weighted by atomic mass is 16.5. The Hall–Kier alpha value is -2.14. The van der Waals surface area contributed by atoms with Gasteiger partial charge >= 0.3 is 0 Å². The highest BCUT2D eigenvalue weighted by molar-refractivity contribution is 5.96. The number of benzene rings is 1. The van der Waals surface area contributed by atoms with Gasteiger partial charge in [-0.2, -0.15) is 0 Å². The van der Waals surface area contributed by atoms with Crippen LogP contribution in [0.1, 0.15) is 30.0 Å². The van der Waals surface area contributed by atoms with Gasteiger partial charge in [0, 0.05) is 25.2 Å². The number of ether oxygens (including phenoxy) is 1. The minimum Gasteiger partial charge on any atom is -0.378 e. The van der Waals surface area contributed by atoms with Crippen LogP contribution in [0, 0.1) is 0 Å². The standard InChI is InChI=1S/C18H22N2O3/c21-17(8-9-18(22)20-10-12-23-13-11-20)19-16-7-3-5-14-4-1-2-6-15(14)16/h1-2,4,6,8-9,16H,3,5,7,10-13H2,(H,19,21)/b9-8+/t16-/m1/s1. The molecular formula is C18H22N2O3. The van der Waals surface area contributed by atoms with Gasteiger partial charge in [-0.05, 0) is 30.4 Å². The molecule has 0 bridgehead atoms. The summed E-state index contributed by atoms with van der Waals surface area (Å²) in [6, 6.07) is 8.26. The Morgan fingerprint density at radius 2 is 1.96 bits per heavy atom. The van der Waals surface area contributed by atoms with Crippen LogP contribution in [0.4, 0.5) is 0 Å². The molecule has 1 heterocycles. The molecule has 1 aromatic rings. The molecule has 0 radical (unpaired) electrons. The molecule has 2 amide bonds. The molecule has 1 fully saturated rings. The predicted octanol–water partition coefficient (Wildman–Crippen LogP) is 1.60. The molecule has 0 saturated carbocycles. The molecule has 5 heteroatoms. The van der Waals surface area contributed by atoms with E-state index in [1.54, 1.807) is 4.90 Å². The van der Waals surface area contributed by atoms with Crippen LogP contribution in [-0.4, -0.2) is 43.0 Å². The second-order valence-corrected chi connectivity index (χ2v) is 5.92. The van der Waals surface area contributed by atoms with Crippen LogP contribution >= 0.6 is 0 Å². The van der Waals surface area contributed by atoms with Gasteiger partial charge in [-0.3, -0.25) is 9.59 Å². The summed E-state index contributed by atoms with van der Waals surface area (Å²) in [5.41, 5.74) is 2.50. The predicted molar refractivity (Wildman–Crippen MR) is 86.8 cm³/mol. The van der Waals surface area contributed by atoms with Crippen LogP contribution in [0.15, 0.2) is 36.4 Å². The average molecular weight is 314 g/mol. The van der Waals surface area contributed by atoms with Crippen molar-refractivity contribution in [3.05, 3.63) is 47.5 Å². The summed E-state index contributed by atoms with van der Waals surface area (Å²) in [5.74, 6) is -0.346. The van der Waals surface area contributed by atoms with Crippen molar-refractivity contribution in [1.29, 1.82) is 0 Å². The van der Waals surface area contributed by atoms with Crippen LogP contribution < -0.4 is 5.32 Å². The third kappa shape index (κ3) is 3.99. The normalized spacial score (nSPS) is 21.0. The molecule has 1 aliphatic carbocycles. The van der Waals surface area contributed by atoms with Crippen molar-refractivity contribution in [2.75, 3.05) is 26.3 Å². The maximum absolute atomic E-state index is 12.1. The Balaban J connectivity index is 1.57. The van der Waals surface area contributed by atoms with Crippen molar-refractivity contribution in [3.63, 3.8) is 0 Å². The topological polar surface area (TPSA) is 58.6 Å². The third-order valence-electron chi connectivity index (χ3n) is 4.39. The molecule has 0 unspecified atom stereocenters. The highest BCUT2D eigenvalue weighted by Gasteiger charge is 2.21. The minimum atomic E-state index is -0.215. The quantitative estimate of drug-likeness (QED) is 0.862. The first-order valence-corrected chi connectivity index (χ1v) is 8.17. The fourth-order valence-electron chi connectivity index (χ4n) is 3.16. The smallest absolute Gasteiger partial charge is 0.246 e. The number of aryl methyl sites for hydroxylation is 1. The van der Waals surface area contributed by atoms with Gasteiger partial charge in [0.15, 0.2) is 0 Å². The Bertz CT molecular complexity index is 606. The van der Waals surface area contributed by atoms with Crippen LogP contribution in [0.3, 0.4) is 0 Å². The number of morpholine rings is 1. The molecule has 3 rings (SSSR count). The van der Waals surface area contributed by atoms with Crippen molar-refractivity contribution in [2.45, 2.75) is 25.3 Å². The summed E-state index contributed by atoms with van der Waals surface area (Å²) in [6.07, 6.45) is 5.77. The van der Waals surface area contributed by atoms with E-state index < -0.39 is 0 Å². The molecular weight excluding hydrogens is 292 g/mol. The Labute approximate surface area is 136 Å². The number of hydrogen-bond acceptors (Lipinski definition) is 3. The van der Waals surface area contributed by atoms with Crippen LogP contribution in [0.25, 0.3) is 0 Å². The van der Waals surface area contributed by atoms with E-state index in [-0.39, 0.29) is 17.9 Å². The Kier molecular flexibility index (Phi) is 5.08. The van der Waals surface area contributed by atoms with Crippen molar-refractivity contribution in [2.24, 2.45) is 0 Å². The summed E-state index contributed by atoms with van der Waals surface area (Å²) in [6.45, 7) is 2.29. The number of amides is 2. The molecule has 0 aromatic heterocycles. The number of carbonyl (C=O) groups is 2. The SMILES string of the molecule is O=C(/C=C/C(=O)N1CCOCC1)N[C@@H]1CCCc2ccccc21. The second kappa shape index (κ2) is 7.42. The summed E-state index contributed by atoms with van der Waals surface area (Å²) < 4.78 is 5.21. The van der Waals surface area contributed by atoms with Gasteiger partial charge in [-0.25, -0.2) is 0 Å². The van der Waals surface area contributed by atoms with Gasteiger partial charge in [0.25, 0.3) is 0 Å². The van der Waals surface area contributed by atoms with E-state index in [4.69, 9.17) is 4.74 Å². The zero-order valence-corrected chi connectivity index (χ0v) is 13.2. The fourth-order valence-corrected chi connectivity index (χ4v) is 3.16. The molecule has 122 valence electrons. The second-order valence-electron chi connectivity index (χ2n) is 5.92. The number of rotatable bonds is 3. The molecule has 1 aromatic carbocycles. The van der Waals surface area contributed by atoms with E-state index in [9.17, 15) is 9.59 Å². The molecule has 5 nitrogen and oxygen atoms in total. The van der Waals surface area contributed by atoms with Gasteiger partial charge in [0.2, 0.25) is 11.8 Å². The van der Waals surface area contributed by atoms with E-state index in [2.05, 4.69) is 17.4 Å². The largest absolute Gasteiger partial charge is 0.378 e. The van der Waals surface area contributed by atoms with E-state index >= 15 is 0 Å². The summed E-state index contributed by atoms with van der Waals surface area (Å²) in [7, 11) is 0. The molecule has 0 spiro atoms. The van der Waals surface area contributed by atoms with E-state index in [0.717, 1.165) is 19.3 Å². The summed E-state index contributed by atoms with van der Waals surface area (Å²) in [4.78, 5) is 25.8. The van der Waals surface area contributed by atoms with Gasteiger partial charge in [-0.15, -0.1) is 0 Å². The number of carbonyl (C=O) groups excluding carboxylic acids is 2. The molecule has 1 aliphatic heterocycles. The lowest BCUT2D eigenvalue weighted by Gasteiger charge is -2.26. The molecule has 1 atom stereocenters. The number of hydrogen-bond donors (Lipinski definition) is 1. The van der Waals surface area contributed by atoms with Crippen molar-refractivity contribution >= 4 is 11.8 Å². The summed E-state index contributed by atoms with van der Waals surface area (Å²) >= 11 is 0. The van der Waals surface area contributed by atoms with Crippen molar-refractivity contribution < 1.29 is 14.3 Å². The molecule has 1 N–H and O–H groups in total. The Morgan fingerprint density at radius 3 is 2.78 bits per heavy atom. The fraction of sp³-hybridized carbons (Fsp3) is 0.444. The van der Waals surface area contributed by atoms with Crippen LogP contribution in [-0.2, 0) is 20.7 Å². The third-order valence-corrected chi connectivity index (χ3v) is 4.39. The van der Waals surface area contributed by atoms with Crippen molar-refractivity contribution in [3.8, 4) is 0 Å². The first-order valence-electron chi connectivity index (χ1n) is 8.17. The first kappa shape index (κ1) is 15.7. The number of nitrogens with zero attached hydrogens (tertiary/aromatic N) is 1. The van der Waals surface area contributed by atoms with E-state index in [1.165, 1.54) is 23.3 Å².